The molecule has 1 heterocycles. The highest BCUT2D eigenvalue weighted by Gasteiger charge is 2.24. The predicted octanol–water partition coefficient (Wildman–Crippen LogP) is 2.39. The van der Waals surface area contributed by atoms with E-state index in [4.69, 9.17) is 0 Å². The van der Waals surface area contributed by atoms with Crippen molar-refractivity contribution in [1.82, 2.24) is 5.32 Å². The molecule has 82 valence electrons. The minimum absolute atomic E-state index is 0.716. The Morgan fingerprint density at radius 1 is 1.40 bits per heavy atom. The monoisotopic (exact) mass is 204 g/mol. The van der Waals surface area contributed by atoms with Gasteiger partial charge in [0.05, 0.1) is 0 Å². The highest BCUT2D eigenvalue weighted by Crippen LogP contribution is 2.29. The van der Waals surface area contributed by atoms with Gasteiger partial charge in [-0.3, -0.25) is 0 Å². The zero-order valence-corrected chi connectivity index (χ0v) is 9.66. The van der Waals surface area contributed by atoms with Gasteiger partial charge in [-0.2, -0.15) is 0 Å². The van der Waals surface area contributed by atoms with Crippen LogP contribution in [0.4, 0.5) is 5.69 Å². The Morgan fingerprint density at radius 3 is 2.80 bits per heavy atom. The minimum Gasteiger partial charge on any atom is -0.368 e. The lowest BCUT2D eigenvalue weighted by Gasteiger charge is -2.42. The summed E-state index contributed by atoms with van der Waals surface area (Å²) >= 11 is 0. The zero-order chi connectivity index (χ0) is 10.7. The molecule has 0 aliphatic carbocycles. The van der Waals surface area contributed by atoms with Crippen molar-refractivity contribution in [3.05, 3.63) is 29.8 Å². The van der Waals surface area contributed by atoms with Crippen LogP contribution in [-0.2, 0) is 6.54 Å². The van der Waals surface area contributed by atoms with E-state index in [1.807, 2.05) is 0 Å². The molecule has 0 amide bonds. The molecule has 0 bridgehead atoms. The summed E-state index contributed by atoms with van der Waals surface area (Å²) in [5.74, 6) is 0. The summed E-state index contributed by atoms with van der Waals surface area (Å²) in [6.07, 6.45) is 1.33. The fourth-order valence-corrected chi connectivity index (χ4v) is 2.07. The molecular weight excluding hydrogens is 184 g/mol. The van der Waals surface area contributed by atoms with E-state index in [1.54, 1.807) is 0 Å². The van der Waals surface area contributed by atoms with Crippen LogP contribution in [0.2, 0.25) is 0 Å². The summed E-state index contributed by atoms with van der Waals surface area (Å²) in [6.45, 7) is 7.67. The average Bonchev–Trinajstić information content (AvgIpc) is 2.26. The molecule has 2 heteroatoms. The van der Waals surface area contributed by atoms with Crippen molar-refractivity contribution >= 4 is 5.69 Å². The third-order valence-electron chi connectivity index (χ3n) is 3.19. The number of benzene rings is 1. The van der Waals surface area contributed by atoms with Gasteiger partial charge in [-0.05, 0) is 31.5 Å². The summed E-state index contributed by atoms with van der Waals surface area (Å²) in [6, 6.07) is 9.44. The van der Waals surface area contributed by atoms with E-state index in [2.05, 4.69) is 48.3 Å². The first kappa shape index (κ1) is 10.5. The Bertz CT molecular complexity index is 322. The van der Waals surface area contributed by atoms with Crippen molar-refractivity contribution < 1.29 is 0 Å². The maximum atomic E-state index is 3.40. The average molecular weight is 204 g/mol. The van der Waals surface area contributed by atoms with E-state index in [-0.39, 0.29) is 0 Å². The van der Waals surface area contributed by atoms with Gasteiger partial charge in [0, 0.05) is 24.8 Å². The molecular formula is C13H20N2. The SMILES string of the molecule is CCNCc1ccccc1N1CCC1C. The van der Waals surface area contributed by atoms with Crippen LogP contribution in [0.1, 0.15) is 25.8 Å². The minimum atomic E-state index is 0.716. The number of para-hydroxylation sites is 1. The maximum Gasteiger partial charge on any atom is 0.0414 e. The van der Waals surface area contributed by atoms with Crippen molar-refractivity contribution in [2.45, 2.75) is 32.9 Å². The molecule has 15 heavy (non-hydrogen) atoms. The zero-order valence-electron chi connectivity index (χ0n) is 9.66. The van der Waals surface area contributed by atoms with E-state index in [0.29, 0.717) is 6.04 Å². The number of nitrogens with zero attached hydrogens (tertiary/aromatic N) is 1. The van der Waals surface area contributed by atoms with E-state index in [0.717, 1.165) is 13.1 Å². The summed E-state index contributed by atoms with van der Waals surface area (Å²) in [5.41, 5.74) is 2.84. The van der Waals surface area contributed by atoms with Crippen molar-refractivity contribution in [3.8, 4) is 0 Å². The van der Waals surface area contributed by atoms with Gasteiger partial charge >= 0.3 is 0 Å². The summed E-state index contributed by atoms with van der Waals surface area (Å²) in [5, 5.41) is 3.40. The third kappa shape index (κ3) is 2.15. The molecule has 0 aromatic heterocycles. The normalized spacial score (nSPS) is 20.1. The summed E-state index contributed by atoms with van der Waals surface area (Å²) < 4.78 is 0. The van der Waals surface area contributed by atoms with Gasteiger partial charge < -0.3 is 10.2 Å². The molecule has 1 aromatic rings. The van der Waals surface area contributed by atoms with Gasteiger partial charge in [0.1, 0.15) is 0 Å². The number of hydrogen-bond donors (Lipinski definition) is 1. The Hall–Kier alpha value is -1.02. The van der Waals surface area contributed by atoms with Gasteiger partial charge in [-0.25, -0.2) is 0 Å². The van der Waals surface area contributed by atoms with Crippen LogP contribution in [-0.4, -0.2) is 19.1 Å². The van der Waals surface area contributed by atoms with Gasteiger partial charge in [0.15, 0.2) is 0 Å². The molecule has 2 rings (SSSR count). The highest BCUT2D eigenvalue weighted by atomic mass is 15.2. The van der Waals surface area contributed by atoms with Crippen molar-refractivity contribution in [2.24, 2.45) is 0 Å². The molecule has 2 nitrogen and oxygen atoms in total. The van der Waals surface area contributed by atoms with E-state index < -0.39 is 0 Å². The van der Waals surface area contributed by atoms with E-state index >= 15 is 0 Å². The molecule has 0 radical (unpaired) electrons. The van der Waals surface area contributed by atoms with E-state index in [9.17, 15) is 0 Å². The number of hydrogen-bond acceptors (Lipinski definition) is 2. The van der Waals surface area contributed by atoms with Gasteiger partial charge in [0.2, 0.25) is 0 Å². The second-order valence-corrected chi connectivity index (χ2v) is 4.24. The van der Waals surface area contributed by atoms with Crippen LogP contribution in [0.25, 0.3) is 0 Å². The molecule has 0 spiro atoms. The van der Waals surface area contributed by atoms with Crippen molar-refractivity contribution in [2.75, 3.05) is 18.0 Å². The van der Waals surface area contributed by atoms with Gasteiger partial charge in [-0.1, -0.05) is 25.1 Å². The lowest BCUT2D eigenvalue weighted by molar-refractivity contribution is 0.479. The van der Waals surface area contributed by atoms with Crippen molar-refractivity contribution in [1.29, 1.82) is 0 Å². The topological polar surface area (TPSA) is 15.3 Å². The smallest absolute Gasteiger partial charge is 0.0414 e. The summed E-state index contributed by atoms with van der Waals surface area (Å²) in [4.78, 5) is 2.49. The maximum absolute atomic E-state index is 3.40. The first-order chi connectivity index (χ1) is 7.33. The molecule has 1 aromatic carbocycles. The largest absolute Gasteiger partial charge is 0.368 e. The molecule has 1 N–H and O–H groups in total. The molecule has 1 saturated heterocycles. The Labute approximate surface area is 92.3 Å². The standard InChI is InChI=1S/C13H20N2/c1-3-14-10-12-6-4-5-7-13(12)15-9-8-11(15)2/h4-7,11,14H,3,8-10H2,1-2H3. The van der Waals surface area contributed by atoms with Crippen LogP contribution in [0, 0.1) is 0 Å². The van der Waals surface area contributed by atoms with Crippen LogP contribution in [0.15, 0.2) is 24.3 Å². The second-order valence-electron chi connectivity index (χ2n) is 4.24. The number of rotatable bonds is 4. The summed E-state index contributed by atoms with van der Waals surface area (Å²) in [7, 11) is 0. The fourth-order valence-electron chi connectivity index (χ4n) is 2.07. The van der Waals surface area contributed by atoms with Gasteiger partial charge in [-0.15, -0.1) is 0 Å². The molecule has 1 fully saturated rings. The second kappa shape index (κ2) is 4.67. The number of nitrogens with one attached hydrogen (secondary N) is 1. The lowest BCUT2D eigenvalue weighted by Crippen LogP contribution is -2.46. The molecule has 1 aliphatic rings. The number of anilines is 1. The van der Waals surface area contributed by atoms with Crippen LogP contribution in [0.3, 0.4) is 0 Å². The fraction of sp³-hybridized carbons (Fsp3) is 0.538. The highest BCUT2D eigenvalue weighted by molar-refractivity contribution is 5.56. The lowest BCUT2D eigenvalue weighted by atomic mass is 10.0. The third-order valence-corrected chi connectivity index (χ3v) is 3.19. The van der Waals surface area contributed by atoms with Gasteiger partial charge in [0.25, 0.3) is 0 Å². The quantitative estimate of drug-likeness (QED) is 0.810. The molecule has 1 atom stereocenters. The Balaban J connectivity index is 2.14. The van der Waals surface area contributed by atoms with Crippen LogP contribution < -0.4 is 10.2 Å². The Kier molecular flexibility index (Phi) is 3.27. The first-order valence-electron chi connectivity index (χ1n) is 5.88. The molecule has 1 aliphatic heterocycles. The van der Waals surface area contributed by atoms with E-state index in [1.165, 1.54) is 24.2 Å². The van der Waals surface area contributed by atoms with Crippen molar-refractivity contribution in [3.63, 3.8) is 0 Å². The molecule has 1 unspecified atom stereocenters. The molecule has 0 saturated carbocycles. The predicted molar refractivity (Wildman–Crippen MR) is 65.2 cm³/mol. The Morgan fingerprint density at radius 2 is 2.20 bits per heavy atom. The van der Waals surface area contributed by atoms with Crippen LogP contribution in [0.5, 0.6) is 0 Å². The van der Waals surface area contributed by atoms with Crippen LogP contribution >= 0.6 is 0 Å². The first-order valence-corrected chi connectivity index (χ1v) is 5.88.